The lowest BCUT2D eigenvalue weighted by Gasteiger charge is -2.08. The first-order valence-corrected chi connectivity index (χ1v) is 6.27. The number of urea groups is 1. The van der Waals surface area contributed by atoms with Gasteiger partial charge in [-0.3, -0.25) is 0 Å². The van der Waals surface area contributed by atoms with Gasteiger partial charge in [0.05, 0.1) is 12.8 Å². The van der Waals surface area contributed by atoms with Gasteiger partial charge in [-0.05, 0) is 36.4 Å². The van der Waals surface area contributed by atoms with Crippen LogP contribution in [0.5, 0.6) is 5.75 Å². The standard InChI is InChI=1S/C14H13N5O2/c1-21-11-6-4-10(5-7-11)17-14(20)18-12-3-2-8-19-13(12)15-9-16-19/h2-9H,1H3,(H2,17,18,20). The summed E-state index contributed by atoms with van der Waals surface area (Å²) in [5, 5.41) is 9.49. The van der Waals surface area contributed by atoms with Crippen LogP contribution in [0.4, 0.5) is 16.2 Å². The highest BCUT2D eigenvalue weighted by Crippen LogP contribution is 2.16. The number of hydrogen-bond acceptors (Lipinski definition) is 4. The van der Waals surface area contributed by atoms with Gasteiger partial charge in [0, 0.05) is 11.9 Å². The van der Waals surface area contributed by atoms with Crippen LogP contribution in [-0.2, 0) is 0 Å². The Morgan fingerprint density at radius 1 is 1.19 bits per heavy atom. The van der Waals surface area contributed by atoms with Gasteiger partial charge in [0.2, 0.25) is 0 Å². The van der Waals surface area contributed by atoms with Gasteiger partial charge in [-0.1, -0.05) is 0 Å². The normalized spacial score (nSPS) is 10.3. The number of hydrogen-bond donors (Lipinski definition) is 2. The molecule has 7 nitrogen and oxygen atoms in total. The number of nitrogens with one attached hydrogen (secondary N) is 2. The quantitative estimate of drug-likeness (QED) is 0.773. The molecule has 0 saturated heterocycles. The molecule has 0 radical (unpaired) electrons. The van der Waals surface area contributed by atoms with Crippen molar-refractivity contribution in [2.24, 2.45) is 0 Å². The van der Waals surface area contributed by atoms with Crippen molar-refractivity contribution in [2.75, 3.05) is 17.7 Å². The number of methoxy groups -OCH3 is 1. The first-order chi connectivity index (χ1) is 10.3. The van der Waals surface area contributed by atoms with Gasteiger partial charge in [0.1, 0.15) is 12.1 Å². The molecule has 21 heavy (non-hydrogen) atoms. The third-order valence-corrected chi connectivity index (χ3v) is 2.90. The fourth-order valence-corrected chi connectivity index (χ4v) is 1.90. The minimum atomic E-state index is -0.351. The SMILES string of the molecule is COc1ccc(NC(=O)Nc2cccn3ncnc23)cc1. The maximum Gasteiger partial charge on any atom is 0.323 e. The zero-order valence-corrected chi connectivity index (χ0v) is 11.3. The summed E-state index contributed by atoms with van der Waals surface area (Å²) in [7, 11) is 1.59. The number of fused-ring (bicyclic) bond motifs is 1. The fourth-order valence-electron chi connectivity index (χ4n) is 1.90. The average molecular weight is 283 g/mol. The van der Waals surface area contributed by atoms with Crippen molar-refractivity contribution >= 4 is 23.1 Å². The molecular weight excluding hydrogens is 270 g/mol. The van der Waals surface area contributed by atoms with Crippen LogP contribution < -0.4 is 15.4 Å². The highest BCUT2D eigenvalue weighted by atomic mass is 16.5. The summed E-state index contributed by atoms with van der Waals surface area (Å²) in [5.41, 5.74) is 1.84. The molecule has 0 spiro atoms. The van der Waals surface area contributed by atoms with Crippen LogP contribution in [0, 0.1) is 0 Å². The molecule has 106 valence electrons. The molecule has 0 bridgehead atoms. The molecule has 0 fully saturated rings. The van der Waals surface area contributed by atoms with E-state index in [4.69, 9.17) is 4.74 Å². The van der Waals surface area contributed by atoms with Crippen molar-refractivity contribution in [1.82, 2.24) is 14.6 Å². The van der Waals surface area contributed by atoms with Crippen molar-refractivity contribution in [2.45, 2.75) is 0 Å². The summed E-state index contributed by atoms with van der Waals surface area (Å²) in [6, 6.07) is 10.3. The number of carbonyl (C=O) groups excluding carboxylic acids is 1. The third kappa shape index (κ3) is 2.76. The predicted molar refractivity (Wildman–Crippen MR) is 78.6 cm³/mol. The Labute approximate surface area is 120 Å². The lowest BCUT2D eigenvalue weighted by Crippen LogP contribution is -2.19. The van der Waals surface area contributed by atoms with Crippen molar-refractivity contribution < 1.29 is 9.53 Å². The van der Waals surface area contributed by atoms with E-state index in [0.717, 1.165) is 5.75 Å². The molecule has 0 atom stereocenters. The van der Waals surface area contributed by atoms with Gasteiger partial charge in [-0.25, -0.2) is 14.3 Å². The highest BCUT2D eigenvalue weighted by Gasteiger charge is 2.07. The number of anilines is 2. The van der Waals surface area contributed by atoms with Crippen LogP contribution in [0.1, 0.15) is 0 Å². The molecule has 7 heteroatoms. The van der Waals surface area contributed by atoms with E-state index in [0.29, 0.717) is 17.0 Å². The Morgan fingerprint density at radius 2 is 2.00 bits per heavy atom. The first-order valence-electron chi connectivity index (χ1n) is 6.27. The van der Waals surface area contributed by atoms with Crippen LogP contribution >= 0.6 is 0 Å². The second kappa shape index (κ2) is 5.49. The zero-order chi connectivity index (χ0) is 14.7. The van der Waals surface area contributed by atoms with E-state index in [2.05, 4.69) is 20.7 Å². The molecule has 2 aromatic heterocycles. The predicted octanol–water partition coefficient (Wildman–Crippen LogP) is 2.38. The summed E-state index contributed by atoms with van der Waals surface area (Å²) in [6.07, 6.45) is 3.19. The molecular formula is C14H13N5O2. The smallest absolute Gasteiger partial charge is 0.323 e. The van der Waals surface area contributed by atoms with E-state index < -0.39 is 0 Å². The fraction of sp³-hybridized carbons (Fsp3) is 0.0714. The van der Waals surface area contributed by atoms with Crippen molar-refractivity contribution in [3.63, 3.8) is 0 Å². The average Bonchev–Trinajstić information content (AvgIpc) is 2.97. The number of amides is 2. The molecule has 2 amide bonds. The van der Waals surface area contributed by atoms with Crippen molar-refractivity contribution in [3.05, 3.63) is 48.9 Å². The van der Waals surface area contributed by atoms with Gasteiger partial charge in [0.15, 0.2) is 5.65 Å². The summed E-state index contributed by atoms with van der Waals surface area (Å²) in [6.45, 7) is 0. The Kier molecular flexibility index (Phi) is 3.38. The van der Waals surface area contributed by atoms with Crippen LogP contribution in [0.15, 0.2) is 48.9 Å². The maximum absolute atomic E-state index is 12.0. The minimum absolute atomic E-state index is 0.351. The number of pyridine rings is 1. The van der Waals surface area contributed by atoms with Crippen LogP contribution in [-0.4, -0.2) is 27.7 Å². The van der Waals surface area contributed by atoms with Gasteiger partial charge in [-0.15, -0.1) is 0 Å². The summed E-state index contributed by atoms with van der Waals surface area (Å²) >= 11 is 0. The van der Waals surface area contributed by atoms with E-state index >= 15 is 0 Å². The molecule has 3 aromatic rings. The number of benzene rings is 1. The van der Waals surface area contributed by atoms with E-state index in [1.54, 1.807) is 54.2 Å². The number of ether oxygens (including phenoxy) is 1. The molecule has 0 aliphatic rings. The molecule has 0 aliphatic carbocycles. The summed E-state index contributed by atoms with van der Waals surface area (Å²) < 4.78 is 6.65. The van der Waals surface area contributed by atoms with Crippen LogP contribution in [0.25, 0.3) is 5.65 Å². The number of rotatable bonds is 3. The summed E-state index contributed by atoms with van der Waals surface area (Å²) in [4.78, 5) is 16.1. The van der Waals surface area contributed by atoms with Gasteiger partial charge in [-0.2, -0.15) is 5.10 Å². The van der Waals surface area contributed by atoms with Crippen LogP contribution in [0.2, 0.25) is 0 Å². The first kappa shape index (κ1) is 12.9. The third-order valence-electron chi connectivity index (χ3n) is 2.90. The topological polar surface area (TPSA) is 80.5 Å². The van der Waals surface area contributed by atoms with Crippen molar-refractivity contribution in [3.8, 4) is 5.75 Å². The Balaban J connectivity index is 1.72. The van der Waals surface area contributed by atoms with Crippen LogP contribution in [0.3, 0.4) is 0 Å². The lowest BCUT2D eigenvalue weighted by atomic mass is 10.3. The monoisotopic (exact) mass is 283 g/mol. The van der Waals surface area contributed by atoms with Gasteiger partial charge < -0.3 is 15.4 Å². The Hall–Kier alpha value is -3.09. The second-order valence-electron chi connectivity index (χ2n) is 4.26. The van der Waals surface area contributed by atoms with E-state index in [1.807, 2.05) is 0 Å². The number of carbonyl (C=O) groups is 1. The molecule has 0 saturated carbocycles. The molecule has 3 rings (SSSR count). The highest BCUT2D eigenvalue weighted by molar-refractivity contribution is 6.01. The van der Waals surface area contributed by atoms with E-state index in [9.17, 15) is 4.79 Å². The van der Waals surface area contributed by atoms with Gasteiger partial charge >= 0.3 is 6.03 Å². The largest absolute Gasteiger partial charge is 0.497 e. The molecule has 0 unspecified atom stereocenters. The molecule has 1 aromatic carbocycles. The molecule has 0 aliphatic heterocycles. The van der Waals surface area contributed by atoms with Crippen molar-refractivity contribution in [1.29, 1.82) is 0 Å². The summed E-state index contributed by atoms with van der Waals surface area (Å²) in [5.74, 6) is 0.731. The number of aromatic nitrogens is 3. The minimum Gasteiger partial charge on any atom is -0.497 e. The Bertz CT molecular complexity index is 766. The number of nitrogens with zero attached hydrogens (tertiary/aromatic N) is 3. The molecule has 2 heterocycles. The second-order valence-corrected chi connectivity index (χ2v) is 4.26. The molecule has 2 N–H and O–H groups in total. The Morgan fingerprint density at radius 3 is 2.76 bits per heavy atom. The van der Waals surface area contributed by atoms with E-state index in [-0.39, 0.29) is 6.03 Å². The lowest BCUT2D eigenvalue weighted by molar-refractivity contribution is 0.262. The van der Waals surface area contributed by atoms with E-state index in [1.165, 1.54) is 6.33 Å². The zero-order valence-electron chi connectivity index (χ0n) is 11.3. The van der Waals surface area contributed by atoms with Gasteiger partial charge in [0.25, 0.3) is 0 Å². The maximum atomic E-state index is 12.0.